The van der Waals surface area contributed by atoms with Crippen LogP contribution in [0, 0.1) is 0 Å². The molecule has 1 aliphatic rings. The maximum Gasteiger partial charge on any atom is 0.128 e. The molecule has 2 rings (SSSR count). The molecule has 0 radical (unpaired) electrons. The maximum absolute atomic E-state index is 9.84. The van der Waals surface area contributed by atoms with Crippen molar-refractivity contribution in [3.63, 3.8) is 0 Å². The predicted octanol–water partition coefficient (Wildman–Crippen LogP) is -0.736. The third-order valence-electron chi connectivity index (χ3n) is 2.11. The highest BCUT2D eigenvalue weighted by atomic mass is 16.6. The minimum absolute atomic E-state index is 0.333. The summed E-state index contributed by atoms with van der Waals surface area (Å²) in [6.45, 7) is 1.50. The number of ether oxygens (including phenoxy) is 2. The van der Waals surface area contributed by atoms with Crippen LogP contribution in [0.1, 0.15) is 11.8 Å². The fourth-order valence-electron chi connectivity index (χ4n) is 1.38. The van der Waals surface area contributed by atoms with Crippen LogP contribution in [-0.2, 0) is 16.5 Å². The van der Waals surface area contributed by atoms with Gasteiger partial charge in [0.15, 0.2) is 0 Å². The van der Waals surface area contributed by atoms with E-state index in [1.807, 2.05) is 0 Å². The molecule has 1 aromatic heterocycles. The third-order valence-corrected chi connectivity index (χ3v) is 2.11. The van der Waals surface area contributed by atoms with E-state index in [0.717, 1.165) is 0 Å². The number of aromatic nitrogens is 3. The van der Waals surface area contributed by atoms with Crippen LogP contribution < -0.4 is 0 Å². The van der Waals surface area contributed by atoms with Gasteiger partial charge >= 0.3 is 0 Å². The zero-order chi connectivity index (χ0) is 9.97. The second-order valence-corrected chi connectivity index (χ2v) is 3.19. The van der Waals surface area contributed by atoms with E-state index in [-0.39, 0.29) is 6.10 Å². The first-order chi connectivity index (χ1) is 6.77. The van der Waals surface area contributed by atoms with Gasteiger partial charge in [-0.15, -0.1) is 0 Å². The summed E-state index contributed by atoms with van der Waals surface area (Å²) in [7, 11) is 1.70. The van der Waals surface area contributed by atoms with Gasteiger partial charge in [0, 0.05) is 7.05 Å². The van der Waals surface area contributed by atoms with E-state index < -0.39 is 6.10 Å². The van der Waals surface area contributed by atoms with Crippen molar-refractivity contribution in [2.75, 3.05) is 19.8 Å². The Hall–Kier alpha value is -0.980. The standard InChI is InChI=1S/C8H13N3O3/c1-11-9-4-6(10-11)8(12)7-5-13-2-3-14-7/h4,7-8,12H,2-3,5H2,1H3. The smallest absolute Gasteiger partial charge is 0.128 e. The lowest BCUT2D eigenvalue weighted by atomic mass is 10.1. The molecule has 0 aliphatic carbocycles. The van der Waals surface area contributed by atoms with Gasteiger partial charge in [-0.2, -0.15) is 15.0 Å². The topological polar surface area (TPSA) is 69.4 Å². The lowest BCUT2D eigenvalue weighted by Crippen LogP contribution is -2.34. The summed E-state index contributed by atoms with van der Waals surface area (Å²) in [6, 6.07) is 0. The first kappa shape index (κ1) is 9.57. The van der Waals surface area contributed by atoms with E-state index in [9.17, 15) is 5.11 Å². The molecule has 6 heteroatoms. The Morgan fingerprint density at radius 3 is 3.07 bits per heavy atom. The highest BCUT2D eigenvalue weighted by molar-refractivity contribution is 4.99. The average Bonchev–Trinajstić information content (AvgIpc) is 2.65. The number of hydrogen-bond donors (Lipinski definition) is 1. The Morgan fingerprint density at radius 1 is 1.64 bits per heavy atom. The van der Waals surface area contributed by atoms with Gasteiger partial charge in [-0.05, 0) is 0 Å². The Balaban J connectivity index is 2.03. The number of aryl methyl sites for hydroxylation is 1. The molecule has 0 saturated carbocycles. The summed E-state index contributed by atoms with van der Waals surface area (Å²) in [4.78, 5) is 1.40. The summed E-state index contributed by atoms with van der Waals surface area (Å²) in [5.41, 5.74) is 0.517. The van der Waals surface area contributed by atoms with Crippen molar-refractivity contribution in [3.8, 4) is 0 Å². The van der Waals surface area contributed by atoms with Crippen molar-refractivity contribution in [3.05, 3.63) is 11.9 Å². The fourth-order valence-corrected chi connectivity index (χ4v) is 1.38. The number of nitrogens with zero attached hydrogens (tertiary/aromatic N) is 3. The van der Waals surface area contributed by atoms with Crippen LogP contribution in [0.5, 0.6) is 0 Å². The van der Waals surface area contributed by atoms with Crippen molar-refractivity contribution in [2.45, 2.75) is 12.2 Å². The molecule has 14 heavy (non-hydrogen) atoms. The molecular weight excluding hydrogens is 186 g/mol. The van der Waals surface area contributed by atoms with E-state index in [2.05, 4.69) is 10.2 Å². The number of hydrogen-bond acceptors (Lipinski definition) is 5. The molecule has 2 unspecified atom stereocenters. The first-order valence-corrected chi connectivity index (χ1v) is 4.51. The van der Waals surface area contributed by atoms with Gasteiger partial charge in [-0.25, -0.2) is 0 Å². The van der Waals surface area contributed by atoms with E-state index in [1.54, 1.807) is 7.05 Å². The molecule has 1 saturated heterocycles. The molecule has 0 aromatic carbocycles. The maximum atomic E-state index is 9.84. The Labute approximate surface area is 81.4 Å². The molecule has 2 atom stereocenters. The quantitative estimate of drug-likeness (QED) is 0.679. The zero-order valence-corrected chi connectivity index (χ0v) is 7.96. The van der Waals surface area contributed by atoms with Crippen LogP contribution in [0.4, 0.5) is 0 Å². The Morgan fingerprint density at radius 2 is 2.50 bits per heavy atom. The van der Waals surface area contributed by atoms with Crippen molar-refractivity contribution < 1.29 is 14.6 Å². The summed E-state index contributed by atoms with van der Waals surface area (Å²) < 4.78 is 10.5. The molecule has 0 bridgehead atoms. The van der Waals surface area contributed by atoms with E-state index in [1.165, 1.54) is 11.0 Å². The Kier molecular flexibility index (Phi) is 2.76. The van der Waals surface area contributed by atoms with Gasteiger partial charge in [0.2, 0.25) is 0 Å². The van der Waals surface area contributed by atoms with Crippen LogP contribution in [-0.4, -0.2) is 46.0 Å². The monoisotopic (exact) mass is 199 g/mol. The van der Waals surface area contributed by atoms with Crippen LogP contribution in [0.25, 0.3) is 0 Å². The van der Waals surface area contributed by atoms with Crippen LogP contribution in [0.2, 0.25) is 0 Å². The van der Waals surface area contributed by atoms with Crippen LogP contribution >= 0.6 is 0 Å². The van der Waals surface area contributed by atoms with Gasteiger partial charge in [0.05, 0.1) is 26.0 Å². The lowest BCUT2D eigenvalue weighted by molar-refractivity contribution is -0.134. The van der Waals surface area contributed by atoms with Crippen molar-refractivity contribution in [1.82, 2.24) is 15.0 Å². The normalized spacial score (nSPS) is 24.9. The molecular formula is C8H13N3O3. The zero-order valence-electron chi connectivity index (χ0n) is 7.96. The van der Waals surface area contributed by atoms with Gasteiger partial charge in [0.1, 0.15) is 17.9 Å². The Bertz CT molecular complexity index is 296. The van der Waals surface area contributed by atoms with Crippen molar-refractivity contribution in [2.24, 2.45) is 7.05 Å². The van der Waals surface area contributed by atoms with Gasteiger partial charge in [0.25, 0.3) is 0 Å². The lowest BCUT2D eigenvalue weighted by Gasteiger charge is -2.25. The number of aliphatic hydroxyl groups is 1. The SMILES string of the molecule is Cn1ncc(C(O)C2COCCO2)n1. The molecule has 0 spiro atoms. The summed E-state index contributed by atoms with van der Waals surface area (Å²) in [5.74, 6) is 0. The minimum Gasteiger partial charge on any atom is -0.384 e. The average molecular weight is 199 g/mol. The minimum atomic E-state index is -0.760. The highest BCUT2D eigenvalue weighted by Gasteiger charge is 2.26. The van der Waals surface area contributed by atoms with Crippen molar-refractivity contribution >= 4 is 0 Å². The second kappa shape index (κ2) is 4.04. The molecule has 6 nitrogen and oxygen atoms in total. The molecule has 1 aromatic rings. The predicted molar refractivity (Wildman–Crippen MR) is 46.5 cm³/mol. The molecule has 1 fully saturated rings. The molecule has 1 aliphatic heterocycles. The van der Waals surface area contributed by atoms with Crippen molar-refractivity contribution in [1.29, 1.82) is 0 Å². The van der Waals surface area contributed by atoms with Gasteiger partial charge in [-0.3, -0.25) is 0 Å². The molecule has 2 heterocycles. The molecule has 1 N–H and O–H groups in total. The number of rotatable bonds is 2. The highest BCUT2D eigenvalue weighted by Crippen LogP contribution is 2.18. The number of aliphatic hydroxyl groups excluding tert-OH is 1. The first-order valence-electron chi connectivity index (χ1n) is 4.51. The van der Waals surface area contributed by atoms with E-state index in [4.69, 9.17) is 9.47 Å². The van der Waals surface area contributed by atoms with Crippen LogP contribution in [0.3, 0.4) is 0 Å². The molecule has 78 valence electrons. The summed E-state index contributed by atoms with van der Waals surface area (Å²) in [5, 5.41) is 17.7. The van der Waals surface area contributed by atoms with Crippen LogP contribution in [0.15, 0.2) is 6.20 Å². The van der Waals surface area contributed by atoms with E-state index >= 15 is 0 Å². The van der Waals surface area contributed by atoms with E-state index in [0.29, 0.717) is 25.5 Å². The van der Waals surface area contributed by atoms with Gasteiger partial charge < -0.3 is 14.6 Å². The second-order valence-electron chi connectivity index (χ2n) is 3.19. The molecule has 0 amide bonds. The summed E-state index contributed by atoms with van der Waals surface area (Å²) in [6.07, 6.45) is 0.437. The fraction of sp³-hybridized carbons (Fsp3) is 0.750. The van der Waals surface area contributed by atoms with Gasteiger partial charge in [-0.1, -0.05) is 0 Å². The third kappa shape index (κ3) is 1.92. The largest absolute Gasteiger partial charge is 0.384 e. The summed E-state index contributed by atoms with van der Waals surface area (Å²) >= 11 is 0.